The number of hydrogen-bond acceptors (Lipinski definition) is 18. The van der Waals surface area contributed by atoms with Gasteiger partial charge in [-0.15, -0.1) is 0 Å². The van der Waals surface area contributed by atoms with Crippen LogP contribution in [0.4, 0.5) is 0 Å². The van der Waals surface area contributed by atoms with E-state index in [-0.39, 0.29) is 18.9 Å². The average molecular weight is 1280 g/mol. The number of nitrogens with one attached hydrogen (secondary N) is 1. The van der Waals surface area contributed by atoms with E-state index in [1.807, 2.05) is 0 Å². The van der Waals surface area contributed by atoms with Gasteiger partial charge in [0, 0.05) is 6.42 Å². The van der Waals surface area contributed by atoms with Gasteiger partial charge in [-0.25, -0.2) is 0 Å². The van der Waals surface area contributed by atoms with E-state index in [9.17, 15) is 61.0 Å². The number of carbonyl (C=O) groups excluding carboxylic acids is 1. The molecule has 0 bridgehead atoms. The highest BCUT2D eigenvalue weighted by molar-refractivity contribution is 5.76. The van der Waals surface area contributed by atoms with Crippen LogP contribution >= 0.6 is 0 Å². The zero-order valence-electron chi connectivity index (χ0n) is 55.6. The number of rotatable bonds is 55. The van der Waals surface area contributed by atoms with Gasteiger partial charge in [0.25, 0.3) is 0 Å². The third-order valence-corrected chi connectivity index (χ3v) is 17.9. The second-order valence-corrected chi connectivity index (χ2v) is 25.7. The van der Waals surface area contributed by atoms with Crippen LogP contribution in [-0.4, -0.2) is 193 Å². The number of unbranched alkanes of at least 4 members (excludes halogenated alkanes) is 31. The molecule has 1 amide bonds. The highest BCUT2D eigenvalue weighted by atomic mass is 16.8. The van der Waals surface area contributed by atoms with E-state index in [2.05, 4.69) is 67.8 Å². The van der Waals surface area contributed by atoms with E-state index in [1.165, 1.54) is 161 Å². The summed E-state index contributed by atoms with van der Waals surface area (Å²) in [6.45, 7) is 1.70. The first-order valence-corrected chi connectivity index (χ1v) is 35.9. The van der Waals surface area contributed by atoms with E-state index >= 15 is 0 Å². The first kappa shape index (κ1) is 82.0. The van der Waals surface area contributed by atoms with Crippen molar-refractivity contribution in [1.29, 1.82) is 0 Å². The summed E-state index contributed by atoms with van der Waals surface area (Å²) < 4.78 is 34.4. The van der Waals surface area contributed by atoms with E-state index in [0.717, 1.165) is 70.6 Å². The Kier molecular flexibility index (Phi) is 48.2. The molecule has 19 heteroatoms. The van der Waals surface area contributed by atoms with Gasteiger partial charge in [-0.2, -0.15) is 0 Å². The van der Waals surface area contributed by atoms with E-state index < -0.39 is 124 Å². The van der Waals surface area contributed by atoms with Crippen LogP contribution in [0.2, 0.25) is 0 Å². The van der Waals surface area contributed by atoms with E-state index in [4.69, 9.17) is 28.4 Å². The molecular weight excluding hydrogens is 1150 g/mol. The number of ether oxygens (including phenoxy) is 6. The predicted molar refractivity (Wildman–Crippen MR) is 351 cm³/mol. The van der Waals surface area contributed by atoms with Crippen molar-refractivity contribution in [2.75, 3.05) is 26.4 Å². The van der Waals surface area contributed by atoms with Crippen LogP contribution < -0.4 is 5.32 Å². The van der Waals surface area contributed by atoms with Crippen molar-refractivity contribution < 1.29 is 89.4 Å². The Labute approximate surface area is 542 Å². The van der Waals surface area contributed by atoms with Crippen molar-refractivity contribution in [2.24, 2.45) is 0 Å². The maximum absolute atomic E-state index is 13.4. The zero-order chi connectivity index (χ0) is 65.4. The Morgan fingerprint density at radius 3 is 1.20 bits per heavy atom. The highest BCUT2D eigenvalue weighted by Gasteiger charge is 2.53. The topological polar surface area (TPSA) is 307 Å². The molecule has 17 unspecified atom stereocenters. The number of aliphatic hydroxyl groups is 11. The third-order valence-electron chi connectivity index (χ3n) is 17.9. The lowest BCUT2D eigenvalue weighted by Crippen LogP contribution is -2.66. The standard InChI is InChI=1S/C71H129NO18/c1-3-5-7-9-11-13-15-17-19-20-21-22-23-24-25-26-27-28-29-30-31-32-33-34-35-37-39-41-43-45-47-49-59(77)72-54(55(76)48-46-44-42-40-38-36-18-16-14-12-10-8-6-4-2)53-85-69-65(83)62(80)67(57(51-74)87-69)90-71-66(84)63(81)68(58(52-75)88-71)89-70-64(82)61(79)60(78)56(50-73)86-70/h5,7,11,13,17,19,21-22,54-58,60-71,73-76,78-84H,3-4,6,8-10,12,14-16,18,20,23-53H2,1-2H3,(H,72,77)/b7-5-,13-11-,19-17-,22-21-. The van der Waals surface area contributed by atoms with Gasteiger partial charge in [0.05, 0.1) is 38.6 Å². The number of amides is 1. The van der Waals surface area contributed by atoms with Crippen molar-refractivity contribution >= 4 is 5.91 Å². The third kappa shape index (κ3) is 34.4. The van der Waals surface area contributed by atoms with Crippen LogP contribution in [0.3, 0.4) is 0 Å². The van der Waals surface area contributed by atoms with Crippen LogP contribution in [0, 0.1) is 0 Å². The first-order valence-electron chi connectivity index (χ1n) is 35.9. The van der Waals surface area contributed by atoms with Crippen LogP contribution in [0.15, 0.2) is 48.6 Å². The van der Waals surface area contributed by atoms with Gasteiger partial charge in [-0.3, -0.25) is 4.79 Å². The predicted octanol–water partition coefficient (Wildman–Crippen LogP) is 9.78. The van der Waals surface area contributed by atoms with Gasteiger partial charge in [-0.05, 0) is 51.4 Å². The Hall–Kier alpha value is -2.25. The average Bonchev–Trinajstić information content (AvgIpc) is 0.908. The molecule has 3 heterocycles. The molecule has 0 aromatic rings. The van der Waals surface area contributed by atoms with Gasteiger partial charge >= 0.3 is 0 Å². The summed E-state index contributed by atoms with van der Waals surface area (Å²) in [5, 5.41) is 121. The summed E-state index contributed by atoms with van der Waals surface area (Å²) in [6, 6.07) is -0.886. The molecule has 0 aromatic heterocycles. The Morgan fingerprint density at radius 2 is 0.767 bits per heavy atom. The summed E-state index contributed by atoms with van der Waals surface area (Å²) in [5.74, 6) is -0.241. The Balaban J connectivity index is 1.36. The minimum atomic E-state index is -1.97. The smallest absolute Gasteiger partial charge is 0.220 e. The molecule has 0 aromatic carbocycles. The molecule has 0 saturated carbocycles. The Bertz CT molecular complexity index is 1820. The fraction of sp³-hybridized carbons (Fsp3) is 0.873. The number of carbonyl (C=O) groups is 1. The molecule has 3 saturated heterocycles. The van der Waals surface area contributed by atoms with Crippen LogP contribution in [0.25, 0.3) is 0 Å². The SMILES string of the molecule is CC/C=C\C/C=C\C/C=C\C/C=C\CCCCCCCCCCCCCCCCCCCCC(=O)NC(COC1OC(CO)C(OC2OC(CO)C(OC3OC(CO)C(O)C(O)C3O)C(O)C2O)C(O)C1O)C(O)CCCCCCCCCCCCCCCC. The summed E-state index contributed by atoms with van der Waals surface area (Å²) in [7, 11) is 0. The van der Waals surface area contributed by atoms with Crippen LogP contribution in [0.1, 0.15) is 264 Å². The number of allylic oxidation sites excluding steroid dienone is 8. The largest absolute Gasteiger partial charge is 0.394 e. The molecule has 0 spiro atoms. The monoisotopic (exact) mass is 1280 g/mol. The van der Waals surface area contributed by atoms with Gasteiger partial charge in [-0.1, -0.05) is 255 Å². The van der Waals surface area contributed by atoms with Crippen molar-refractivity contribution in [3.05, 3.63) is 48.6 Å². The lowest BCUT2D eigenvalue weighted by Gasteiger charge is -2.48. The molecule has 0 radical (unpaired) electrons. The zero-order valence-corrected chi connectivity index (χ0v) is 55.6. The second kappa shape index (κ2) is 53.0. The molecule has 3 rings (SSSR count). The maximum atomic E-state index is 13.4. The Morgan fingerprint density at radius 1 is 0.411 bits per heavy atom. The van der Waals surface area contributed by atoms with Gasteiger partial charge in [0.1, 0.15) is 73.2 Å². The van der Waals surface area contributed by atoms with Crippen LogP contribution in [0.5, 0.6) is 0 Å². The molecule has 3 aliphatic heterocycles. The minimum absolute atomic E-state index is 0.241. The lowest BCUT2D eigenvalue weighted by atomic mass is 9.96. The number of aliphatic hydroxyl groups excluding tert-OH is 11. The molecule has 12 N–H and O–H groups in total. The number of hydrogen-bond donors (Lipinski definition) is 12. The van der Waals surface area contributed by atoms with E-state index in [0.29, 0.717) is 12.8 Å². The van der Waals surface area contributed by atoms with Crippen molar-refractivity contribution in [2.45, 2.75) is 369 Å². The van der Waals surface area contributed by atoms with E-state index in [1.54, 1.807) is 0 Å². The summed E-state index contributed by atoms with van der Waals surface area (Å²) in [4.78, 5) is 13.4. The van der Waals surface area contributed by atoms with Crippen molar-refractivity contribution in [3.63, 3.8) is 0 Å². The molecule has 526 valence electrons. The molecule has 0 aliphatic carbocycles. The summed E-state index contributed by atoms with van der Waals surface area (Å²) in [6.07, 6.45) is 36.3. The fourth-order valence-corrected chi connectivity index (χ4v) is 12.1. The maximum Gasteiger partial charge on any atom is 0.220 e. The molecule has 90 heavy (non-hydrogen) atoms. The molecule has 19 nitrogen and oxygen atoms in total. The van der Waals surface area contributed by atoms with Gasteiger partial charge < -0.3 is 89.9 Å². The normalized spacial score (nSPS) is 28.3. The summed E-state index contributed by atoms with van der Waals surface area (Å²) >= 11 is 0. The highest BCUT2D eigenvalue weighted by Crippen LogP contribution is 2.33. The molecule has 17 atom stereocenters. The second-order valence-electron chi connectivity index (χ2n) is 25.7. The first-order chi connectivity index (χ1) is 43.8. The summed E-state index contributed by atoms with van der Waals surface area (Å²) in [5.41, 5.74) is 0. The van der Waals surface area contributed by atoms with Crippen molar-refractivity contribution in [1.82, 2.24) is 5.32 Å². The van der Waals surface area contributed by atoms with Crippen LogP contribution in [-0.2, 0) is 33.2 Å². The fourth-order valence-electron chi connectivity index (χ4n) is 12.1. The van der Waals surface area contributed by atoms with Gasteiger partial charge in [0.2, 0.25) is 5.91 Å². The lowest BCUT2D eigenvalue weighted by molar-refractivity contribution is -0.379. The van der Waals surface area contributed by atoms with Gasteiger partial charge in [0.15, 0.2) is 18.9 Å². The quantitative estimate of drug-likeness (QED) is 0.0199. The van der Waals surface area contributed by atoms with Crippen molar-refractivity contribution in [3.8, 4) is 0 Å². The molecule has 3 fully saturated rings. The minimum Gasteiger partial charge on any atom is -0.394 e. The molecular formula is C71H129NO18. The molecule has 3 aliphatic rings.